The molecule has 3 atom stereocenters. The monoisotopic (exact) mass is 224 g/mol. The maximum Gasteiger partial charge on any atom is 0.0153 e. The Morgan fingerprint density at radius 3 is 2.31 bits per heavy atom. The number of nitrogens with two attached hydrogens (primary N) is 1. The van der Waals surface area contributed by atoms with Crippen LogP contribution in [0.2, 0.25) is 0 Å². The molecule has 1 aliphatic carbocycles. The van der Waals surface area contributed by atoms with E-state index in [4.69, 9.17) is 5.73 Å². The van der Waals surface area contributed by atoms with Crippen molar-refractivity contribution in [3.63, 3.8) is 0 Å². The molecule has 2 N–H and O–H groups in total. The normalized spacial score (nSPS) is 34.1. The highest BCUT2D eigenvalue weighted by atomic mass is 15.2. The molecule has 16 heavy (non-hydrogen) atoms. The lowest BCUT2D eigenvalue weighted by atomic mass is 9.94. The van der Waals surface area contributed by atoms with Gasteiger partial charge in [-0.2, -0.15) is 0 Å². The highest BCUT2D eigenvalue weighted by Gasteiger charge is 2.55. The topological polar surface area (TPSA) is 29.3 Å². The zero-order valence-corrected chi connectivity index (χ0v) is 11.2. The molecule has 1 heterocycles. The highest BCUT2D eigenvalue weighted by Crippen LogP contribution is 2.46. The number of hydrogen-bond donors (Lipinski definition) is 1. The Labute approximate surface area is 101 Å². The maximum atomic E-state index is 5.99. The van der Waals surface area contributed by atoms with Crippen molar-refractivity contribution in [3.05, 3.63) is 0 Å². The van der Waals surface area contributed by atoms with Crippen LogP contribution in [0, 0.1) is 11.8 Å². The van der Waals surface area contributed by atoms with E-state index in [1.807, 2.05) is 0 Å². The van der Waals surface area contributed by atoms with Crippen LogP contribution in [0.25, 0.3) is 0 Å². The lowest BCUT2D eigenvalue weighted by Gasteiger charge is -2.37. The lowest BCUT2D eigenvalue weighted by molar-refractivity contribution is 0.122. The summed E-state index contributed by atoms with van der Waals surface area (Å²) in [7, 11) is 0. The van der Waals surface area contributed by atoms with Gasteiger partial charge in [0.05, 0.1) is 0 Å². The van der Waals surface area contributed by atoms with E-state index in [0.717, 1.165) is 11.8 Å². The van der Waals surface area contributed by atoms with Gasteiger partial charge in [0.1, 0.15) is 0 Å². The average molecular weight is 224 g/mol. The summed E-state index contributed by atoms with van der Waals surface area (Å²) in [4.78, 5) is 2.68. The molecule has 1 aliphatic heterocycles. The minimum Gasteiger partial charge on any atom is -0.327 e. The van der Waals surface area contributed by atoms with Crippen LogP contribution < -0.4 is 5.73 Å². The van der Waals surface area contributed by atoms with Gasteiger partial charge in [-0.15, -0.1) is 0 Å². The first kappa shape index (κ1) is 12.4. The summed E-state index contributed by atoms with van der Waals surface area (Å²) >= 11 is 0. The van der Waals surface area contributed by atoms with Gasteiger partial charge in [-0.1, -0.05) is 32.6 Å². The minimum absolute atomic E-state index is 0.404. The Morgan fingerprint density at radius 2 is 1.75 bits per heavy atom. The molecule has 2 heteroatoms. The van der Waals surface area contributed by atoms with Crippen molar-refractivity contribution in [3.8, 4) is 0 Å². The molecule has 1 saturated carbocycles. The fraction of sp³-hybridized carbons (Fsp3) is 1.00. The molecule has 2 aliphatic rings. The first-order chi connectivity index (χ1) is 7.56. The molecule has 0 radical (unpaired) electrons. The molecule has 2 rings (SSSR count). The Hall–Kier alpha value is -0.0800. The molecule has 0 aromatic rings. The van der Waals surface area contributed by atoms with E-state index in [2.05, 4.69) is 25.7 Å². The van der Waals surface area contributed by atoms with Crippen molar-refractivity contribution < 1.29 is 0 Å². The largest absolute Gasteiger partial charge is 0.327 e. The third kappa shape index (κ3) is 2.43. The third-order valence-electron chi connectivity index (χ3n) is 4.76. The van der Waals surface area contributed by atoms with E-state index in [9.17, 15) is 0 Å². The van der Waals surface area contributed by atoms with Gasteiger partial charge in [-0.05, 0) is 32.1 Å². The summed E-state index contributed by atoms with van der Waals surface area (Å²) < 4.78 is 0. The molecule has 0 aromatic carbocycles. The summed E-state index contributed by atoms with van der Waals surface area (Å²) in [6.07, 6.45) is 6.87. The van der Waals surface area contributed by atoms with Crippen molar-refractivity contribution in [1.29, 1.82) is 0 Å². The van der Waals surface area contributed by atoms with Crippen molar-refractivity contribution in [2.45, 2.75) is 64.5 Å². The third-order valence-corrected chi connectivity index (χ3v) is 4.76. The fourth-order valence-electron chi connectivity index (χ4n) is 3.21. The fourth-order valence-corrected chi connectivity index (χ4v) is 3.21. The number of unbranched alkanes of at least 4 members (excludes halogenated alkanes) is 3. The number of nitrogens with zero attached hydrogens (tertiary/aromatic N) is 1. The molecule has 0 aromatic heterocycles. The van der Waals surface area contributed by atoms with Crippen LogP contribution in [-0.2, 0) is 0 Å². The standard InChI is InChI=1S/C14H28N2/c1-4-5-6-7-8-14(2,3)16-9-11-12(10-16)13(11)15/h11-13H,4-10,15H2,1-3H3/t11-,12+,13?. The minimum atomic E-state index is 0.404. The van der Waals surface area contributed by atoms with Crippen LogP contribution in [-0.4, -0.2) is 29.6 Å². The predicted octanol–water partition coefficient (Wildman–Crippen LogP) is 2.62. The molecule has 0 amide bonds. The first-order valence-electron chi connectivity index (χ1n) is 7.07. The molecule has 0 spiro atoms. The number of fused-ring (bicyclic) bond motifs is 1. The predicted molar refractivity (Wildman–Crippen MR) is 69.4 cm³/mol. The van der Waals surface area contributed by atoms with Gasteiger partial charge < -0.3 is 5.73 Å². The smallest absolute Gasteiger partial charge is 0.0153 e. The molecule has 1 unspecified atom stereocenters. The van der Waals surface area contributed by atoms with Crippen LogP contribution in [0.3, 0.4) is 0 Å². The van der Waals surface area contributed by atoms with Gasteiger partial charge in [-0.3, -0.25) is 4.90 Å². The summed E-state index contributed by atoms with van der Waals surface area (Å²) in [5.41, 5.74) is 6.39. The summed E-state index contributed by atoms with van der Waals surface area (Å²) in [6, 6.07) is 0.534. The number of piperidine rings is 1. The second kappa shape index (κ2) is 4.66. The van der Waals surface area contributed by atoms with E-state index in [1.54, 1.807) is 0 Å². The molecule has 2 nitrogen and oxygen atoms in total. The van der Waals surface area contributed by atoms with Crippen LogP contribution >= 0.6 is 0 Å². The lowest BCUT2D eigenvalue weighted by Crippen LogP contribution is -2.45. The quantitative estimate of drug-likeness (QED) is 0.703. The highest BCUT2D eigenvalue weighted by molar-refractivity contribution is 5.10. The zero-order chi connectivity index (χ0) is 11.8. The maximum absolute atomic E-state index is 5.99. The van der Waals surface area contributed by atoms with Crippen LogP contribution in [0.5, 0.6) is 0 Å². The van der Waals surface area contributed by atoms with Crippen molar-refractivity contribution in [2.24, 2.45) is 17.6 Å². The summed E-state index contributed by atoms with van der Waals surface area (Å²) in [5, 5.41) is 0. The van der Waals surface area contributed by atoms with E-state index < -0.39 is 0 Å². The van der Waals surface area contributed by atoms with Gasteiger partial charge in [0, 0.05) is 24.7 Å². The zero-order valence-electron chi connectivity index (χ0n) is 11.2. The van der Waals surface area contributed by atoms with Crippen molar-refractivity contribution in [2.75, 3.05) is 13.1 Å². The Kier molecular flexibility index (Phi) is 3.60. The molecule has 2 fully saturated rings. The van der Waals surface area contributed by atoms with Crippen LogP contribution in [0.15, 0.2) is 0 Å². The molecular formula is C14H28N2. The van der Waals surface area contributed by atoms with Gasteiger partial charge in [-0.25, -0.2) is 0 Å². The van der Waals surface area contributed by atoms with E-state index in [0.29, 0.717) is 11.6 Å². The number of likely N-dealkylation sites (tertiary alicyclic amines) is 1. The summed E-state index contributed by atoms with van der Waals surface area (Å²) in [5.74, 6) is 1.66. The van der Waals surface area contributed by atoms with E-state index >= 15 is 0 Å². The van der Waals surface area contributed by atoms with Crippen molar-refractivity contribution in [1.82, 2.24) is 4.90 Å². The average Bonchev–Trinajstić information content (AvgIpc) is 2.68. The molecule has 94 valence electrons. The SMILES string of the molecule is CCCCCCC(C)(C)N1C[C@@H]2C(N)[C@@H]2C1. The van der Waals surface area contributed by atoms with Crippen LogP contribution in [0.1, 0.15) is 52.9 Å². The molecule has 1 saturated heterocycles. The second-order valence-corrected chi connectivity index (χ2v) is 6.43. The van der Waals surface area contributed by atoms with E-state index in [1.165, 1.54) is 45.2 Å². The van der Waals surface area contributed by atoms with Gasteiger partial charge in [0.15, 0.2) is 0 Å². The van der Waals surface area contributed by atoms with Crippen molar-refractivity contribution >= 4 is 0 Å². The number of hydrogen-bond acceptors (Lipinski definition) is 2. The van der Waals surface area contributed by atoms with Crippen LogP contribution in [0.4, 0.5) is 0 Å². The Balaban J connectivity index is 1.71. The van der Waals surface area contributed by atoms with E-state index in [-0.39, 0.29) is 0 Å². The van der Waals surface area contributed by atoms with Gasteiger partial charge in [0.25, 0.3) is 0 Å². The first-order valence-corrected chi connectivity index (χ1v) is 7.07. The second-order valence-electron chi connectivity index (χ2n) is 6.43. The summed E-state index contributed by atoms with van der Waals surface area (Å²) in [6.45, 7) is 9.62. The molecular weight excluding hydrogens is 196 g/mol. The number of rotatable bonds is 6. The Bertz CT molecular complexity index is 225. The molecule has 0 bridgehead atoms. The van der Waals surface area contributed by atoms with Gasteiger partial charge in [0.2, 0.25) is 0 Å². The van der Waals surface area contributed by atoms with Gasteiger partial charge >= 0.3 is 0 Å². The Morgan fingerprint density at radius 1 is 1.12 bits per heavy atom.